The lowest BCUT2D eigenvalue weighted by molar-refractivity contribution is -0.176. The van der Waals surface area contributed by atoms with Gasteiger partial charge in [-0.15, -0.1) is 0 Å². The summed E-state index contributed by atoms with van der Waals surface area (Å²) in [5, 5.41) is 33.3. The summed E-state index contributed by atoms with van der Waals surface area (Å²) < 4.78 is 13.6. The van der Waals surface area contributed by atoms with Crippen molar-refractivity contribution in [3.05, 3.63) is 35.6 Å². The van der Waals surface area contributed by atoms with Crippen LogP contribution in [0.3, 0.4) is 0 Å². The van der Waals surface area contributed by atoms with Crippen LogP contribution >= 0.6 is 0 Å². The molecule has 5 unspecified atom stereocenters. The Bertz CT molecular complexity index is 804. The molecule has 0 amide bonds. The summed E-state index contributed by atoms with van der Waals surface area (Å²) in [4.78, 5) is 25.5. The maximum absolute atomic E-state index is 13.6. The number of carbonyl (C=O) groups is 2. The second kappa shape index (κ2) is 8.50. The molecule has 1 saturated heterocycles. The van der Waals surface area contributed by atoms with E-state index in [2.05, 4.69) is 5.32 Å². The van der Waals surface area contributed by atoms with Gasteiger partial charge in [0.05, 0.1) is 16.9 Å². The summed E-state index contributed by atoms with van der Waals surface area (Å²) in [6.07, 6.45) is 0.158. The molecule has 1 fully saturated rings. The van der Waals surface area contributed by atoms with E-state index in [1.807, 2.05) is 19.9 Å². The number of benzene rings is 1. The van der Waals surface area contributed by atoms with E-state index in [0.717, 1.165) is 0 Å². The third kappa shape index (κ3) is 3.51. The van der Waals surface area contributed by atoms with Gasteiger partial charge in [0.25, 0.3) is 0 Å². The van der Waals surface area contributed by atoms with Crippen molar-refractivity contribution < 1.29 is 24.2 Å². The van der Waals surface area contributed by atoms with Crippen LogP contribution in [-0.4, -0.2) is 34.2 Å². The van der Waals surface area contributed by atoms with Crippen LogP contribution in [0.5, 0.6) is 0 Å². The normalized spacial score (nSPS) is 32.0. The van der Waals surface area contributed by atoms with Gasteiger partial charge >= 0.3 is 11.9 Å². The average Bonchev–Trinajstić information content (AvgIpc) is 2.66. The molecule has 1 aliphatic rings. The Labute approximate surface area is 170 Å². The maximum atomic E-state index is 13.6. The highest BCUT2D eigenvalue weighted by atomic mass is 19.1. The Morgan fingerprint density at radius 1 is 1.21 bits per heavy atom. The molecule has 0 radical (unpaired) electrons. The van der Waals surface area contributed by atoms with Crippen molar-refractivity contribution in [1.29, 1.82) is 5.26 Å². The minimum absolute atomic E-state index is 0.00507. The predicted molar refractivity (Wildman–Crippen MR) is 106 cm³/mol. The third-order valence-corrected chi connectivity index (χ3v) is 6.69. The van der Waals surface area contributed by atoms with E-state index in [-0.39, 0.29) is 25.2 Å². The molecule has 0 bridgehead atoms. The van der Waals surface area contributed by atoms with Gasteiger partial charge in [0.15, 0.2) is 0 Å². The Kier molecular flexibility index (Phi) is 6.69. The lowest BCUT2D eigenvalue weighted by Gasteiger charge is -2.59. The van der Waals surface area contributed by atoms with Crippen molar-refractivity contribution in [2.45, 2.75) is 65.0 Å². The van der Waals surface area contributed by atoms with Gasteiger partial charge in [-0.05, 0) is 43.4 Å². The fraction of sp³-hybridized carbons (Fsp3) is 0.591. The number of nitrogens with one attached hydrogen (secondary N) is 1. The largest absolute Gasteiger partial charge is 0.481 e. The van der Waals surface area contributed by atoms with E-state index in [9.17, 15) is 29.5 Å². The Morgan fingerprint density at radius 2 is 1.76 bits per heavy atom. The maximum Gasteiger partial charge on any atom is 0.311 e. The molecule has 1 aromatic rings. The number of nitriles is 1. The summed E-state index contributed by atoms with van der Waals surface area (Å²) in [5.41, 5.74) is -2.50. The standard InChI is InChI=1S/C22H29FN2O4/c1-5-21(19(26)27)17(15-7-9-16(23)10-8-15)22(20(28)29,11-6-12-24)14(4)25-18(21)13(2)3/h7-10,13-14,17-18,25H,5-6,11H2,1-4H3,(H,26,27)(H,28,29). The number of halogens is 1. The smallest absolute Gasteiger partial charge is 0.311 e. The molecule has 158 valence electrons. The van der Waals surface area contributed by atoms with Gasteiger partial charge in [-0.1, -0.05) is 32.9 Å². The van der Waals surface area contributed by atoms with Crippen molar-refractivity contribution in [3.8, 4) is 6.07 Å². The van der Waals surface area contributed by atoms with E-state index >= 15 is 0 Å². The van der Waals surface area contributed by atoms with Gasteiger partial charge in [-0.25, -0.2) is 4.39 Å². The molecular formula is C22H29FN2O4. The minimum Gasteiger partial charge on any atom is -0.481 e. The highest BCUT2D eigenvalue weighted by Gasteiger charge is 2.67. The molecule has 1 aliphatic heterocycles. The SMILES string of the molecule is CCC1(C(=O)O)C(C(C)C)NC(C)C(CCC#N)(C(=O)O)C1c1ccc(F)cc1. The van der Waals surface area contributed by atoms with Crippen molar-refractivity contribution in [2.75, 3.05) is 0 Å². The molecule has 2 rings (SSSR count). The van der Waals surface area contributed by atoms with Crippen LogP contribution in [0.1, 0.15) is 58.4 Å². The van der Waals surface area contributed by atoms with E-state index in [1.165, 1.54) is 24.3 Å². The highest BCUT2D eigenvalue weighted by Crippen LogP contribution is 2.59. The second-order valence-corrected chi connectivity index (χ2v) is 8.30. The minimum atomic E-state index is -1.53. The van der Waals surface area contributed by atoms with E-state index in [4.69, 9.17) is 0 Å². The van der Waals surface area contributed by atoms with Gasteiger partial charge < -0.3 is 15.5 Å². The molecule has 1 heterocycles. The van der Waals surface area contributed by atoms with Crippen LogP contribution in [0.4, 0.5) is 4.39 Å². The molecule has 29 heavy (non-hydrogen) atoms. The van der Waals surface area contributed by atoms with Crippen LogP contribution in [-0.2, 0) is 9.59 Å². The second-order valence-electron chi connectivity index (χ2n) is 8.30. The monoisotopic (exact) mass is 404 g/mol. The number of hydrogen-bond acceptors (Lipinski definition) is 4. The predicted octanol–water partition coefficient (Wildman–Crippen LogP) is 3.78. The first kappa shape index (κ1) is 22.8. The fourth-order valence-electron chi connectivity index (χ4n) is 5.36. The van der Waals surface area contributed by atoms with Gasteiger partial charge in [0, 0.05) is 24.4 Å². The van der Waals surface area contributed by atoms with Crippen LogP contribution in [0.2, 0.25) is 0 Å². The third-order valence-electron chi connectivity index (χ3n) is 6.69. The molecule has 0 saturated carbocycles. The number of carboxylic acid groups (broad SMARTS) is 2. The van der Waals surface area contributed by atoms with Crippen molar-refractivity contribution >= 4 is 11.9 Å². The molecule has 0 spiro atoms. The number of rotatable bonds is 7. The lowest BCUT2D eigenvalue weighted by atomic mass is 9.48. The summed E-state index contributed by atoms with van der Waals surface area (Å²) >= 11 is 0. The molecule has 0 aromatic heterocycles. The van der Waals surface area contributed by atoms with E-state index < -0.39 is 46.6 Å². The number of carboxylic acids is 2. The first-order chi connectivity index (χ1) is 13.6. The van der Waals surface area contributed by atoms with Crippen molar-refractivity contribution in [2.24, 2.45) is 16.7 Å². The van der Waals surface area contributed by atoms with Gasteiger partial charge in [0.2, 0.25) is 0 Å². The molecule has 1 aromatic carbocycles. The van der Waals surface area contributed by atoms with Crippen LogP contribution in [0.25, 0.3) is 0 Å². The zero-order valence-electron chi connectivity index (χ0n) is 17.3. The zero-order chi connectivity index (χ0) is 22.0. The van der Waals surface area contributed by atoms with Gasteiger partial charge in [0.1, 0.15) is 5.82 Å². The zero-order valence-corrected chi connectivity index (χ0v) is 17.3. The summed E-state index contributed by atoms with van der Waals surface area (Å²) in [7, 11) is 0. The summed E-state index contributed by atoms with van der Waals surface area (Å²) in [6.45, 7) is 7.29. The number of aliphatic carboxylic acids is 2. The number of nitrogens with zero attached hydrogens (tertiary/aromatic N) is 1. The van der Waals surface area contributed by atoms with Crippen LogP contribution in [0.15, 0.2) is 24.3 Å². The quantitative estimate of drug-likeness (QED) is 0.638. The van der Waals surface area contributed by atoms with Crippen LogP contribution in [0, 0.1) is 33.9 Å². The first-order valence-corrected chi connectivity index (χ1v) is 9.94. The first-order valence-electron chi connectivity index (χ1n) is 9.94. The summed E-state index contributed by atoms with van der Waals surface area (Å²) in [6, 6.07) is 6.34. The van der Waals surface area contributed by atoms with E-state index in [0.29, 0.717) is 5.56 Å². The highest BCUT2D eigenvalue weighted by molar-refractivity contribution is 5.84. The molecule has 6 nitrogen and oxygen atoms in total. The fourth-order valence-corrected chi connectivity index (χ4v) is 5.36. The number of piperidine rings is 1. The van der Waals surface area contributed by atoms with Gasteiger partial charge in [-0.2, -0.15) is 5.26 Å². The molecule has 5 atom stereocenters. The van der Waals surface area contributed by atoms with Gasteiger partial charge in [-0.3, -0.25) is 9.59 Å². The van der Waals surface area contributed by atoms with Crippen molar-refractivity contribution in [1.82, 2.24) is 5.32 Å². The molecular weight excluding hydrogens is 375 g/mol. The van der Waals surface area contributed by atoms with E-state index in [1.54, 1.807) is 13.8 Å². The topological polar surface area (TPSA) is 110 Å². The molecule has 3 N–H and O–H groups in total. The number of hydrogen-bond donors (Lipinski definition) is 3. The van der Waals surface area contributed by atoms with Crippen LogP contribution < -0.4 is 5.32 Å². The Balaban J connectivity index is 2.92. The average molecular weight is 404 g/mol. The Morgan fingerprint density at radius 3 is 2.17 bits per heavy atom. The lowest BCUT2D eigenvalue weighted by Crippen LogP contribution is -2.71. The summed E-state index contributed by atoms with van der Waals surface area (Å²) in [5.74, 6) is -3.74. The molecule has 7 heteroatoms. The van der Waals surface area contributed by atoms with Crippen molar-refractivity contribution in [3.63, 3.8) is 0 Å². The Hall–Kier alpha value is -2.46. The molecule has 0 aliphatic carbocycles.